The summed E-state index contributed by atoms with van der Waals surface area (Å²) in [5.74, 6) is -0.337. The molecule has 38 heavy (non-hydrogen) atoms. The van der Waals surface area contributed by atoms with Gasteiger partial charge in [0, 0.05) is 37.7 Å². The van der Waals surface area contributed by atoms with Gasteiger partial charge in [0.15, 0.2) is 11.4 Å². The summed E-state index contributed by atoms with van der Waals surface area (Å²) in [5, 5.41) is 44.8. The van der Waals surface area contributed by atoms with Gasteiger partial charge in [0.05, 0.1) is 11.1 Å². The van der Waals surface area contributed by atoms with Crippen molar-refractivity contribution < 1.29 is 34.8 Å². The zero-order valence-corrected chi connectivity index (χ0v) is 21.3. The van der Waals surface area contributed by atoms with Gasteiger partial charge in [-0.2, -0.15) is 0 Å². The zero-order valence-electron chi connectivity index (χ0n) is 21.3. The first-order valence-corrected chi connectivity index (χ1v) is 12.7. The number of aliphatic hydroxyl groups is 3. The molecule has 6 N–H and O–H groups in total. The molecule has 0 aliphatic heterocycles. The summed E-state index contributed by atoms with van der Waals surface area (Å²) in [6.07, 6.45) is 6.04. The van der Waals surface area contributed by atoms with Crippen molar-refractivity contribution in [3.05, 3.63) is 51.3 Å². The maximum Gasteiger partial charge on any atom is 0.255 e. The number of benzene rings is 1. The van der Waals surface area contributed by atoms with Crippen LogP contribution in [0.5, 0.6) is 5.75 Å². The first-order valence-electron chi connectivity index (χ1n) is 12.7. The van der Waals surface area contributed by atoms with Crippen molar-refractivity contribution in [2.45, 2.75) is 50.5 Å². The Kier molecular flexibility index (Phi) is 6.11. The Morgan fingerprint density at radius 3 is 2.50 bits per heavy atom. The highest BCUT2D eigenvalue weighted by Gasteiger charge is 2.60. The number of nitrogens with zero attached hydrogens (tertiary/aromatic N) is 1. The zero-order chi connectivity index (χ0) is 27.5. The van der Waals surface area contributed by atoms with Crippen molar-refractivity contribution in [2.75, 3.05) is 19.0 Å². The van der Waals surface area contributed by atoms with Crippen molar-refractivity contribution in [3.8, 4) is 17.6 Å². The van der Waals surface area contributed by atoms with E-state index < -0.39 is 52.0 Å². The SMILES string of the molecule is CN(C)c1cc(C#CC2=CCCCC2)c(O)c2c1C[C@H]1C[C@H]3CC(=O)C(C(N)=O)=C(O)[C@@]3(O)C(=O)C1=C2O. The Hall–Kier alpha value is -4.03. The van der Waals surface area contributed by atoms with Crippen LogP contribution >= 0.6 is 0 Å². The summed E-state index contributed by atoms with van der Waals surface area (Å²) in [5.41, 5.74) is 4.32. The number of phenols is 1. The van der Waals surface area contributed by atoms with Crippen molar-refractivity contribution in [1.82, 2.24) is 0 Å². The number of carbonyl (C=O) groups excluding carboxylic acids is 3. The molecule has 0 heterocycles. The van der Waals surface area contributed by atoms with Gasteiger partial charge in [0.2, 0.25) is 5.78 Å². The lowest BCUT2D eigenvalue weighted by Gasteiger charge is -2.46. The van der Waals surface area contributed by atoms with Crippen molar-refractivity contribution in [1.29, 1.82) is 0 Å². The number of hydrogen-bond acceptors (Lipinski definition) is 8. The lowest BCUT2D eigenvalue weighted by Crippen LogP contribution is -2.58. The maximum absolute atomic E-state index is 13.7. The number of carbonyl (C=O) groups is 3. The van der Waals surface area contributed by atoms with Crippen LogP contribution in [0, 0.1) is 23.7 Å². The number of phenolic OH excluding ortho intramolecular Hbond substituents is 1. The number of allylic oxidation sites excluding steroid dienone is 2. The number of rotatable bonds is 2. The molecule has 0 aromatic heterocycles. The van der Waals surface area contributed by atoms with Crippen molar-refractivity contribution in [3.63, 3.8) is 0 Å². The van der Waals surface area contributed by atoms with Crippen LogP contribution in [0.2, 0.25) is 0 Å². The molecule has 3 atom stereocenters. The first-order chi connectivity index (χ1) is 18.0. The molecule has 9 nitrogen and oxygen atoms in total. The van der Waals surface area contributed by atoms with E-state index in [1.54, 1.807) is 6.07 Å². The quantitative estimate of drug-likeness (QED) is 0.294. The van der Waals surface area contributed by atoms with Crippen molar-refractivity contribution >= 4 is 28.9 Å². The summed E-state index contributed by atoms with van der Waals surface area (Å²) < 4.78 is 0. The number of aromatic hydroxyl groups is 1. The van der Waals surface area contributed by atoms with Crippen LogP contribution < -0.4 is 10.6 Å². The van der Waals surface area contributed by atoms with Gasteiger partial charge in [0.1, 0.15) is 22.8 Å². The molecule has 1 aromatic carbocycles. The summed E-state index contributed by atoms with van der Waals surface area (Å²) in [6, 6.07) is 1.75. The number of primary amides is 1. The molecule has 198 valence electrons. The number of nitrogens with two attached hydrogens (primary N) is 1. The second kappa shape index (κ2) is 9.07. The van der Waals surface area contributed by atoms with Crippen molar-refractivity contribution in [2.24, 2.45) is 17.6 Å². The van der Waals surface area contributed by atoms with E-state index in [0.29, 0.717) is 11.3 Å². The number of fused-ring (bicyclic) bond motifs is 3. The summed E-state index contributed by atoms with van der Waals surface area (Å²) in [7, 11) is 3.64. The smallest absolute Gasteiger partial charge is 0.255 e. The molecule has 0 radical (unpaired) electrons. The molecule has 1 aromatic rings. The molecule has 5 rings (SSSR count). The third-order valence-corrected chi connectivity index (χ3v) is 8.17. The van der Waals surface area contributed by atoms with Gasteiger partial charge in [-0.05, 0) is 61.6 Å². The van der Waals surface area contributed by atoms with Crippen LogP contribution in [0.4, 0.5) is 5.69 Å². The van der Waals surface area contributed by atoms with Crippen LogP contribution in [0.25, 0.3) is 5.76 Å². The van der Waals surface area contributed by atoms with E-state index >= 15 is 0 Å². The molecule has 1 saturated carbocycles. The highest BCUT2D eigenvalue weighted by molar-refractivity contribution is 6.22. The van der Waals surface area contributed by atoms with Gasteiger partial charge >= 0.3 is 0 Å². The first kappa shape index (κ1) is 25.6. The Labute approximate surface area is 219 Å². The van der Waals surface area contributed by atoms with Gasteiger partial charge in [-0.1, -0.05) is 17.9 Å². The third kappa shape index (κ3) is 3.71. The third-order valence-electron chi connectivity index (χ3n) is 8.17. The van der Waals surface area contributed by atoms with E-state index in [0.717, 1.165) is 31.3 Å². The second-order valence-electron chi connectivity index (χ2n) is 10.7. The van der Waals surface area contributed by atoms with Gasteiger partial charge in [-0.25, -0.2) is 0 Å². The molecule has 0 unspecified atom stereocenters. The lowest BCUT2D eigenvalue weighted by molar-refractivity contribution is -0.147. The number of anilines is 1. The van der Waals surface area contributed by atoms with E-state index in [4.69, 9.17) is 5.73 Å². The predicted octanol–water partition coefficient (Wildman–Crippen LogP) is 2.34. The fraction of sp³-hybridized carbons (Fsp3) is 0.414. The van der Waals surface area contributed by atoms with Crippen LogP contribution in [0.15, 0.2) is 34.6 Å². The summed E-state index contributed by atoms with van der Waals surface area (Å²) in [4.78, 5) is 39.9. The van der Waals surface area contributed by atoms with E-state index in [1.165, 1.54) is 0 Å². The molecule has 1 fully saturated rings. The minimum absolute atomic E-state index is 0.0465. The average molecular weight is 519 g/mol. The standard InChI is InChI=1S/C29H30N2O7/c1-31(2)19-12-15(9-8-14-6-4-3-5-7-14)24(33)22-18(19)11-16-10-17-13-20(32)23(28(30)37)27(36)29(17,38)26(35)21(16)25(22)34/h6,12,16-17,33-34,36,38H,3-5,7,10-11,13H2,1-2H3,(H2,30,37)/t16-,17+,29+/m1/s1. The molecular weight excluding hydrogens is 488 g/mol. The minimum atomic E-state index is -2.58. The molecule has 9 heteroatoms. The Morgan fingerprint density at radius 1 is 1.13 bits per heavy atom. The molecule has 1 amide bonds. The molecule has 4 aliphatic rings. The number of hydrogen-bond donors (Lipinski definition) is 5. The van der Waals surface area contributed by atoms with Crippen LogP contribution in [-0.2, 0) is 20.8 Å². The van der Waals surface area contributed by atoms with Crippen LogP contribution in [-0.4, -0.2) is 57.6 Å². The van der Waals surface area contributed by atoms with Gasteiger partial charge < -0.3 is 31.1 Å². The Bertz CT molecular complexity index is 1450. The second-order valence-corrected chi connectivity index (χ2v) is 10.7. The van der Waals surface area contributed by atoms with E-state index in [1.807, 2.05) is 19.0 Å². The molecule has 0 saturated heterocycles. The predicted molar refractivity (Wildman–Crippen MR) is 139 cm³/mol. The van der Waals surface area contributed by atoms with Gasteiger partial charge in [-0.15, -0.1) is 0 Å². The van der Waals surface area contributed by atoms with Crippen LogP contribution in [0.1, 0.15) is 55.2 Å². The topological polar surface area (TPSA) is 161 Å². The number of ketones is 2. The minimum Gasteiger partial charge on any atom is -0.508 e. The fourth-order valence-corrected chi connectivity index (χ4v) is 6.26. The number of Topliss-reactive ketones (excluding diaryl/α,β-unsaturated/α-hetero) is 2. The number of amides is 1. The molecular formula is C29H30N2O7. The Morgan fingerprint density at radius 2 is 1.87 bits per heavy atom. The van der Waals surface area contributed by atoms with Gasteiger partial charge in [-0.3, -0.25) is 14.4 Å². The molecule has 0 bridgehead atoms. The normalized spacial score (nSPS) is 26.6. The monoisotopic (exact) mass is 518 g/mol. The van der Waals surface area contributed by atoms with Gasteiger partial charge in [0.25, 0.3) is 5.91 Å². The molecule has 0 spiro atoms. The Balaban J connectivity index is 1.69. The number of aliphatic hydroxyl groups excluding tert-OH is 2. The molecule has 4 aliphatic carbocycles. The maximum atomic E-state index is 13.7. The highest BCUT2D eigenvalue weighted by Crippen LogP contribution is 2.53. The summed E-state index contributed by atoms with van der Waals surface area (Å²) >= 11 is 0. The lowest BCUT2D eigenvalue weighted by atomic mass is 9.59. The average Bonchev–Trinajstić information content (AvgIpc) is 2.86. The van der Waals surface area contributed by atoms with E-state index in [-0.39, 0.29) is 41.7 Å². The van der Waals surface area contributed by atoms with Crippen LogP contribution in [0.3, 0.4) is 0 Å². The highest BCUT2D eigenvalue weighted by atomic mass is 16.3. The fourth-order valence-electron chi connectivity index (χ4n) is 6.26. The van der Waals surface area contributed by atoms with E-state index in [2.05, 4.69) is 17.9 Å². The summed E-state index contributed by atoms with van der Waals surface area (Å²) in [6.45, 7) is 0. The largest absolute Gasteiger partial charge is 0.508 e. The van der Waals surface area contributed by atoms with E-state index in [9.17, 15) is 34.8 Å².